The number of nitrogens with one attached hydrogen (secondary N) is 1. The highest BCUT2D eigenvalue weighted by atomic mass is 35.5. The van der Waals surface area contributed by atoms with Crippen LogP contribution in [0.1, 0.15) is 12.8 Å². The molecule has 9 heteroatoms. The summed E-state index contributed by atoms with van der Waals surface area (Å²) in [5.74, 6) is -0.0892. The third-order valence-corrected chi connectivity index (χ3v) is 3.73. The predicted molar refractivity (Wildman–Crippen MR) is 89.4 cm³/mol. The number of rotatable bonds is 7. The number of hydrogen-bond acceptors (Lipinski definition) is 4. The molecule has 1 aliphatic rings. The van der Waals surface area contributed by atoms with E-state index in [4.69, 9.17) is 9.47 Å². The second-order valence-electron chi connectivity index (χ2n) is 5.58. The zero-order valence-electron chi connectivity index (χ0n) is 13.8. The molecule has 0 aliphatic carbocycles. The SMILES string of the molecule is CNCC1CCCN1C(=O)COc1ccccc1OCC(F)(F)F.Cl. The van der Waals surface area contributed by atoms with Gasteiger partial charge >= 0.3 is 6.18 Å². The highest BCUT2D eigenvalue weighted by Gasteiger charge is 2.30. The molecule has 0 spiro atoms. The van der Waals surface area contributed by atoms with E-state index in [1.54, 1.807) is 17.0 Å². The van der Waals surface area contributed by atoms with Gasteiger partial charge < -0.3 is 19.7 Å². The first-order chi connectivity index (χ1) is 11.4. The summed E-state index contributed by atoms with van der Waals surface area (Å²) in [4.78, 5) is 14.0. The van der Waals surface area contributed by atoms with E-state index in [0.29, 0.717) is 13.1 Å². The number of halogens is 4. The highest BCUT2D eigenvalue weighted by Crippen LogP contribution is 2.28. The summed E-state index contributed by atoms with van der Waals surface area (Å²) >= 11 is 0. The Hall–Kier alpha value is -1.67. The van der Waals surface area contributed by atoms with Crippen molar-refractivity contribution in [3.63, 3.8) is 0 Å². The molecule has 0 saturated carbocycles. The number of para-hydroxylation sites is 2. The minimum Gasteiger partial charge on any atom is -0.480 e. The number of ether oxygens (including phenoxy) is 2. The Morgan fingerprint density at radius 1 is 1.28 bits per heavy atom. The Kier molecular flexibility index (Phi) is 8.31. The molecule has 1 fully saturated rings. The van der Waals surface area contributed by atoms with E-state index >= 15 is 0 Å². The highest BCUT2D eigenvalue weighted by molar-refractivity contribution is 5.85. The van der Waals surface area contributed by atoms with E-state index in [1.807, 2.05) is 7.05 Å². The van der Waals surface area contributed by atoms with E-state index in [2.05, 4.69) is 5.32 Å². The topological polar surface area (TPSA) is 50.8 Å². The van der Waals surface area contributed by atoms with Crippen molar-refractivity contribution in [3.05, 3.63) is 24.3 Å². The Balaban J connectivity index is 0.00000312. The second kappa shape index (κ2) is 9.72. The van der Waals surface area contributed by atoms with Crippen LogP contribution in [0.4, 0.5) is 13.2 Å². The first-order valence-corrected chi connectivity index (χ1v) is 7.76. The van der Waals surface area contributed by atoms with Crippen molar-refractivity contribution in [2.24, 2.45) is 0 Å². The van der Waals surface area contributed by atoms with Crippen LogP contribution in [0, 0.1) is 0 Å². The largest absolute Gasteiger partial charge is 0.480 e. The summed E-state index contributed by atoms with van der Waals surface area (Å²) in [6.07, 6.45) is -2.57. The molecule has 5 nitrogen and oxygen atoms in total. The molecule has 1 aliphatic heterocycles. The number of carbonyl (C=O) groups is 1. The van der Waals surface area contributed by atoms with Gasteiger partial charge in [0.1, 0.15) is 0 Å². The predicted octanol–water partition coefficient (Wildman–Crippen LogP) is 2.64. The second-order valence-corrected chi connectivity index (χ2v) is 5.58. The van der Waals surface area contributed by atoms with Crippen molar-refractivity contribution >= 4 is 18.3 Å². The molecule has 1 aromatic carbocycles. The molecule has 2 rings (SSSR count). The van der Waals surface area contributed by atoms with E-state index in [1.165, 1.54) is 12.1 Å². The lowest BCUT2D eigenvalue weighted by atomic mass is 10.2. The molecule has 1 heterocycles. The average molecular weight is 383 g/mol. The van der Waals surface area contributed by atoms with Gasteiger partial charge in [0.15, 0.2) is 24.7 Å². The third kappa shape index (κ3) is 6.62. The van der Waals surface area contributed by atoms with Crippen molar-refractivity contribution in [3.8, 4) is 11.5 Å². The van der Waals surface area contributed by atoms with Gasteiger partial charge in [-0.2, -0.15) is 13.2 Å². The number of benzene rings is 1. The fraction of sp³-hybridized carbons (Fsp3) is 0.562. The van der Waals surface area contributed by atoms with Crippen LogP contribution in [-0.2, 0) is 4.79 Å². The Bertz CT molecular complexity index is 558. The maximum atomic E-state index is 12.3. The molecule has 25 heavy (non-hydrogen) atoms. The molecule has 0 bridgehead atoms. The van der Waals surface area contributed by atoms with E-state index < -0.39 is 12.8 Å². The van der Waals surface area contributed by atoms with Gasteiger partial charge in [-0.05, 0) is 32.0 Å². The average Bonchev–Trinajstić information content (AvgIpc) is 2.99. The zero-order chi connectivity index (χ0) is 17.6. The van der Waals surface area contributed by atoms with E-state index in [-0.39, 0.29) is 42.5 Å². The maximum Gasteiger partial charge on any atom is 0.422 e. The number of amides is 1. The van der Waals surface area contributed by atoms with Crippen LogP contribution >= 0.6 is 12.4 Å². The summed E-state index contributed by atoms with van der Waals surface area (Å²) in [6, 6.07) is 6.14. The van der Waals surface area contributed by atoms with Crippen LogP contribution in [-0.4, -0.2) is 56.4 Å². The molecular weight excluding hydrogens is 361 g/mol. The quantitative estimate of drug-likeness (QED) is 0.787. The van der Waals surface area contributed by atoms with Crippen molar-refractivity contribution in [2.75, 3.05) is 33.4 Å². The number of nitrogens with zero attached hydrogens (tertiary/aromatic N) is 1. The summed E-state index contributed by atoms with van der Waals surface area (Å²) in [5, 5.41) is 3.05. The maximum absolute atomic E-state index is 12.3. The third-order valence-electron chi connectivity index (χ3n) is 3.73. The van der Waals surface area contributed by atoms with Crippen LogP contribution < -0.4 is 14.8 Å². The summed E-state index contributed by atoms with van der Waals surface area (Å²) in [7, 11) is 1.83. The van der Waals surface area contributed by atoms with Gasteiger partial charge in [-0.25, -0.2) is 0 Å². The van der Waals surface area contributed by atoms with Gasteiger partial charge in [0, 0.05) is 19.1 Å². The van der Waals surface area contributed by atoms with Gasteiger partial charge in [0.25, 0.3) is 5.91 Å². The molecule has 1 unspecified atom stereocenters. The van der Waals surface area contributed by atoms with Crippen LogP contribution in [0.25, 0.3) is 0 Å². The molecule has 1 amide bonds. The lowest BCUT2D eigenvalue weighted by Crippen LogP contribution is -2.43. The van der Waals surface area contributed by atoms with Crippen molar-refractivity contribution in [1.29, 1.82) is 0 Å². The minimum absolute atomic E-state index is 0. The monoisotopic (exact) mass is 382 g/mol. The molecule has 1 atom stereocenters. The normalized spacial score (nSPS) is 17.1. The molecule has 1 saturated heterocycles. The first kappa shape index (κ1) is 21.4. The lowest BCUT2D eigenvalue weighted by Gasteiger charge is -2.24. The van der Waals surface area contributed by atoms with Crippen LogP contribution in [0.15, 0.2) is 24.3 Å². The van der Waals surface area contributed by atoms with Gasteiger partial charge in [-0.1, -0.05) is 12.1 Å². The minimum atomic E-state index is -4.43. The van der Waals surface area contributed by atoms with Crippen molar-refractivity contribution in [2.45, 2.75) is 25.1 Å². The summed E-state index contributed by atoms with van der Waals surface area (Å²) in [5.41, 5.74) is 0. The van der Waals surface area contributed by atoms with Crippen molar-refractivity contribution < 1.29 is 27.4 Å². The van der Waals surface area contributed by atoms with Crippen LogP contribution in [0.5, 0.6) is 11.5 Å². The van der Waals surface area contributed by atoms with E-state index in [0.717, 1.165) is 12.8 Å². The number of alkyl halides is 3. The number of carbonyl (C=O) groups excluding carboxylic acids is 1. The Morgan fingerprint density at radius 3 is 2.52 bits per heavy atom. The Labute approximate surface area is 150 Å². The standard InChI is InChI=1S/C16H21F3N2O3.ClH/c1-20-9-12-5-4-8-21(12)15(22)10-23-13-6-2-3-7-14(13)24-11-16(17,18)19;/h2-3,6-7,12,20H,4-5,8-11H2,1H3;1H. The first-order valence-electron chi connectivity index (χ1n) is 7.76. The Morgan fingerprint density at radius 2 is 1.92 bits per heavy atom. The van der Waals surface area contributed by atoms with Gasteiger partial charge in [0.2, 0.25) is 0 Å². The van der Waals surface area contributed by atoms with Crippen LogP contribution in [0.2, 0.25) is 0 Å². The fourth-order valence-electron chi connectivity index (χ4n) is 2.68. The molecular formula is C16H22ClF3N2O3. The summed E-state index contributed by atoms with van der Waals surface area (Å²) < 4.78 is 47.0. The molecule has 0 radical (unpaired) electrons. The number of likely N-dealkylation sites (N-methyl/N-ethyl adjacent to an activating group) is 1. The number of hydrogen-bond donors (Lipinski definition) is 1. The smallest absolute Gasteiger partial charge is 0.422 e. The van der Waals surface area contributed by atoms with Gasteiger partial charge in [-0.3, -0.25) is 4.79 Å². The summed E-state index contributed by atoms with van der Waals surface area (Å²) in [6.45, 7) is -0.262. The van der Waals surface area contributed by atoms with Crippen LogP contribution in [0.3, 0.4) is 0 Å². The molecule has 1 aromatic rings. The zero-order valence-corrected chi connectivity index (χ0v) is 14.7. The fourth-order valence-corrected chi connectivity index (χ4v) is 2.68. The van der Waals surface area contributed by atoms with Gasteiger partial charge in [-0.15, -0.1) is 12.4 Å². The van der Waals surface area contributed by atoms with E-state index in [9.17, 15) is 18.0 Å². The van der Waals surface area contributed by atoms with Crippen molar-refractivity contribution in [1.82, 2.24) is 10.2 Å². The number of likely N-dealkylation sites (tertiary alicyclic amines) is 1. The molecule has 1 N–H and O–H groups in total. The van der Waals surface area contributed by atoms with Gasteiger partial charge in [0.05, 0.1) is 0 Å². The molecule has 142 valence electrons. The lowest BCUT2D eigenvalue weighted by molar-refractivity contribution is -0.153. The molecule has 0 aromatic heterocycles.